The second-order valence-electron chi connectivity index (χ2n) is 7.68. The van der Waals surface area contributed by atoms with Crippen LogP contribution < -0.4 is 5.32 Å². The van der Waals surface area contributed by atoms with Crippen LogP contribution in [0.3, 0.4) is 0 Å². The van der Waals surface area contributed by atoms with E-state index in [0.29, 0.717) is 12.3 Å². The number of anilines is 1. The Morgan fingerprint density at radius 3 is 2.96 bits per heavy atom. The number of nitrogens with zero attached hydrogens (tertiary/aromatic N) is 4. The number of carbonyl (C=O) groups excluding carboxylic acids is 1. The third kappa shape index (κ3) is 2.98. The van der Waals surface area contributed by atoms with Gasteiger partial charge < -0.3 is 10.2 Å². The van der Waals surface area contributed by atoms with Crippen LogP contribution in [0.25, 0.3) is 16.1 Å². The summed E-state index contributed by atoms with van der Waals surface area (Å²) in [5.74, 6) is 1.40. The molecule has 2 aliphatic rings. The Labute approximate surface area is 168 Å². The molecule has 3 aromatic rings. The van der Waals surface area contributed by atoms with Gasteiger partial charge in [-0.05, 0) is 50.5 Å². The number of likely N-dealkylation sites (tertiary alicyclic amines) is 1. The molecule has 1 aliphatic carbocycles. The summed E-state index contributed by atoms with van der Waals surface area (Å²) in [5, 5.41) is 10.6. The molecule has 0 saturated carbocycles. The smallest absolute Gasteiger partial charge is 0.222 e. The lowest BCUT2D eigenvalue weighted by Gasteiger charge is -2.17. The lowest BCUT2D eigenvalue weighted by Crippen LogP contribution is -2.27. The molecule has 146 valence electrons. The molecule has 0 aromatic carbocycles. The van der Waals surface area contributed by atoms with E-state index in [2.05, 4.69) is 29.8 Å². The van der Waals surface area contributed by atoms with Gasteiger partial charge in [-0.2, -0.15) is 9.61 Å². The minimum Gasteiger partial charge on any atom is -0.370 e. The number of aryl methyl sites for hydroxylation is 2. The van der Waals surface area contributed by atoms with Gasteiger partial charge in [0.1, 0.15) is 5.82 Å². The molecule has 7 heteroatoms. The van der Waals surface area contributed by atoms with E-state index in [1.165, 1.54) is 16.1 Å². The maximum Gasteiger partial charge on any atom is 0.222 e. The molecule has 0 spiro atoms. The molecule has 4 heterocycles. The second kappa shape index (κ2) is 7.20. The summed E-state index contributed by atoms with van der Waals surface area (Å²) in [6.45, 7) is 4.65. The first kappa shape index (κ1) is 17.7. The first-order chi connectivity index (χ1) is 13.7. The summed E-state index contributed by atoms with van der Waals surface area (Å²) >= 11 is 1.73. The van der Waals surface area contributed by atoms with Crippen molar-refractivity contribution in [2.24, 2.45) is 0 Å². The van der Waals surface area contributed by atoms with Crippen molar-refractivity contribution in [2.45, 2.75) is 45.4 Å². The maximum atomic E-state index is 11.8. The zero-order valence-corrected chi connectivity index (χ0v) is 17.0. The van der Waals surface area contributed by atoms with E-state index in [1.54, 1.807) is 11.3 Å². The Morgan fingerprint density at radius 1 is 1.25 bits per heavy atom. The molecule has 3 aromatic heterocycles. The first-order valence-electron chi connectivity index (χ1n) is 10.2. The molecule has 5 rings (SSSR count). The Bertz CT molecular complexity index is 1020. The summed E-state index contributed by atoms with van der Waals surface area (Å²) in [6, 6.07) is 4.22. The molecular formula is C21H25N5OS. The van der Waals surface area contributed by atoms with Gasteiger partial charge in [0.05, 0.1) is 11.3 Å². The van der Waals surface area contributed by atoms with E-state index in [4.69, 9.17) is 10.1 Å². The molecular weight excluding hydrogens is 370 g/mol. The first-order valence-corrected chi connectivity index (χ1v) is 11.1. The van der Waals surface area contributed by atoms with Crippen molar-refractivity contribution in [1.29, 1.82) is 0 Å². The number of fused-ring (bicyclic) bond motifs is 2. The van der Waals surface area contributed by atoms with Crippen LogP contribution in [0.1, 0.15) is 42.6 Å². The van der Waals surface area contributed by atoms with Gasteiger partial charge in [-0.3, -0.25) is 4.79 Å². The standard InChI is InChI=1S/C21H25N5OS/c1-14-19(17-8-4-13-28-17)21-23-16-7-2-6-15(16)20(26(21)24-14)22-10-5-12-25-11-3-9-18(25)27/h4,8,13,22H,2-3,5-7,9-12H2,1H3. The summed E-state index contributed by atoms with van der Waals surface area (Å²) in [5.41, 5.74) is 5.64. The highest BCUT2D eigenvalue weighted by atomic mass is 32.1. The normalized spacial score (nSPS) is 16.3. The van der Waals surface area contributed by atoms with Gasteiger partial charge in [0, 0.05) is 42.2 Å². The predicted molar refractivity (Wildman–Crippen MR) is 112 cm³/mol. The van der Waals surface area contributed by atoms with E-state index < -0.39 is 0 Å². The van der Waals surface area contributed by atoms with Crippen molar-refractivity contribution in [1.82, 2.24) is 19.5 Å². The molecule has 1 N–H and O–H groups in total. The van der Waals surface area contributed by atoms with Gasteiger partial charge in [-0.25, -0.2) is 4.98 Å². The average molecular weight is 396 g/mol. The Kier molecular flexibility index (Phi) is 4.55. The number of amides is 1. The fraction of sp³-hybridized carbons (Fsp3) is 0.476. The minimum atomic E-state index is 0.301. The third-order valence-corrected chi connectivity index (χ3v) is 6.69. The number of hydrogen-bond donors (Lipinski definition) is 1. The molecule has 0 radical (unpaired) electrons. The summed E-state index contributed by atoms with van der Waals surface area (Å²) in [7, 11) is 0. The topological polar surface area (TPSA) is 62.5 Å². The SMILES string of the molecule is Cc1nn2c(NCCCN3CCCC3=O)c3c(nc2c1-c1cccs1)CCC3. The Balaban J connectivity index is 1.44. The Hall–Kier alpha value is -2.41. The van der Waals surface area contributed by atoms with Crippen molar-refractivity contribution in [2.75, 3.05) is 25.0 Å². The van der Waals surface area contributed by atoms with Crippen molar-refractivity contribution >= 4 is 28.7 Å². The number of thiophene rings is 1. The van der Waals surface area contributed by atoms with Gasteiger partial charge in [-0.15, -0.1) is 11.3 Å². The highest BCUT2D eigenvalue weighted by Gasteiger charge is 2.24. The second-order valence-corrected chi connectivity index (χ2v) is 8.62. The van der Waals surface area contributed by atoms with Crippen LogP contribution in [0.5, 0.6) is 0 Å². The van der Waals surface area contributed by atoms with E-state index in [0.717, 1.165) is 74.5 Å². The molecule has 0 atom stereocenters. The molecule has 1 aliphatic heterocycles. The third-order valence-electron chi connectivity index (χ3n) is 5.80. The summed E-state index contributed by atoms with van der Waals surface area (Å²) < 4.78 is 2.01. The van der Waals surface area contributed by atoms with Crippen LogP contribution >= 0.6 is 11.3 Å². The van der Waals surface area contributed by atoms with Crippen molar-refractivity contribution in [3.05, 3.63) is 34.5 Å². The predicted octanol–water partition coefficient (Wildman–Crippen LogP) is 3.68. The van der Waals surface area contributed by atoms with Gasteiger partial charge in [0.25, 0.3) is 0 Å². The van der Waals surface area contributed by atoms with Gasteiger partial charge in [0.15, 0.2) is 5.65 Å². The number of aromatic nitrogens is 3. The molecule has 0 unspecified atom stereocenters. The Morgan fingerprint density at radius 2 is 2.18 bits per heavy atom. The van der Waals surface area contributed by atoms with Crippen LogP contribution in [0.2, 0.25) is 0 Å². The number of nitrogens with one attached hydrogen (secondary N) is 1. The zero-order valence-electron chi connectivity index (χ0n) is 16.2. The van der Waals surface area contributed by atoms with Gasteiger partial charge in [-0.1, -0.05) is 6.07 Å². The summed E-state index contributed by atoms with van der Waals surface area (Å²) in [4.78, 5) is 20.0. The van der Waals surface area contributed by atoms with E-state index in [1.807, 2.05) is 9.42 Å². The highest BCUT2D eigenvalue weighted by Crippen LogP contribution is 2.35. The van der Waals surface area contributed by atoms with Crippen molar-refractivity contribution in [3.63, 3.8) is 0 Å². The van der Waals surface area contributed by atoms with E-state index in [9.17, 15) is 4.79 Å². The minimum absolute atomic E-state index is 0.301. The lowest BCUT2D eigenvalue weighted by molar-refractivity contribution is -0.127. The highest BCUT2D eigenvalue weighted by molar-refractivity contribution is 7.13. The van der Waals surface area contributed by atoms with Crippen LogP contribution in [0.4, 0.5) is 5.82 Å². The monoisotopic (exact) mass is 395 g/mol. The maximum absolute atomic E-state index is 11.8. The number of hydrogen-bond acceptors (Lipinski definition) is 5. The van der Waals surface area contributed by atoms with Gasteiger partial charge in [0.2, 0.25) is 5.91 Å². The molecule has 1 fully saturated rings. The molecule has 0 bridgehead atoms. The summed E-state index contributed by atoms with van der Waals surface area (Å²) in [6.07, 6.45) is 5.91. The van der Waals surface area contributed by atoms with Crippen LogP contribution in [-0.2, 0) is 17.6 Å². The fourth-order valence-corrected chi connectivity index (χ4v) is 5.26. The van der Waals surface area contributed by atoms with Crippen molar-refractivity contribution in [3.8, 4) is 10.4 Å². The largest absolute Gasteiger partial charge is 0.370 e. The molecule has 1 amide bonds. The fourth-order valence-electron chi connectivity index (χ4n) is 4.44. The van der Waals surface area contributed by atoms with Crippen LogP contribution in [-0.4, -0.2) is 45.0 Å². The van der Waals surface area contributed by atoms with Crippen molar-refractivity contribution < 1.29 is 4.79 Å². The van der Waals surface area contributed by atoms with E-state index in [-0.39, 0.29) is 0 Å². The van der Waals surface area contributed by atoms with Gasteiger partial charge >= 0.3 is 0 Å². The molecule has 1 saturated heterocycles. The molecule has 28 heavy (non-hydrogen) atoms. The van der Waals surface area contributed by atoms with Crippen LogP contribution in [0, 0.1) is 6.92 Å². The average Bonchev–Trinajstić information content (AvgIpc) is 3.45. The number of carbonyl (C=O) groups is 1. The zero-order chi connectivity index (χ0) is 19.1. The number of rotatable bonds is 6. The molecule has 6 nitrogen and oxygen atoms in total. The van der Waals surface area contributed by atoms with E-state index >= 15 is 0 Å². The lowest BCUT2D eigenvalue weighted by atomic mass is 10.2. The quantitative estimate of drug-likeness (QED) is 0.647. The van der Waals surface area contributed by atoms with Crippen LogP contribution in [0.15, 0.2) is 17.5 Å².